The Bertz CT molecular complexity index is 1440. The van der Waals surface area contributed by atoms with Crippen LogP contribution in [0.15, 0.2) is 72.9 Å². The summed E-state index contributed by atoms with van der Waals surface area (Å²) in [5.74, 6) is -2.89. The number of benzene rings is 3. The molecule has 180 valence electrons. The Hall–Kier alpha value is -3.32. The molecule has 3 aromatic carbocycles. The highest BCUT2D eigenvalue weighted by atomic mass is 35.5. The summed E-state index contributed by atoms with van der Waals surface area (Å²) >= 11 is 18.3. The third-order valence-corrected chi connectivity index (χ3v) is 7.64. The zero-order valence-corrected chi connectivity index (χ0v) is 20.8. The van der Waals surface area contributed by atoms with Gasteiger partial charge in [-0.15, -0.1) is 0 Å². The lowest BCUT2D eigenvalue weighted by Crippen LogP contribution is -2.46. The lowest BCUT2D eigenvalue weighted by Gasteiger charge is -2.35. The Morgan fingerprint density at radius 3 is 2.19 bits per heavy atom. The summed E-state index contributed by atoms with van der Waals surface area (Å²) in [5, 5.41) is 4.04. The van der Waals surface area contributed by atoms with E-state index in [1.54, 1.807) is 30.5 Å². The van der Waals surface area contributed by atoms with Gasteiger partial charge in [0.1, 0.15) is 6.04 Å². The minimum absolute atomic E-state index is 0.292. The standard InChI is InChI=1S/C27H18Cl3N3O3/c28-15-5-7-18(8-6-15)31-25(34)24-22-21(23-20-4-2-1-3-14(20)9-10-32(23)24)26(35)33(27(22)36)19-12-16(29)11-17(30)13-19/h1-13,21-24H,(H,31,34)/t21-,22+,23-,24-/m0/s1. The summed E-state index contributed by atoms with van der Waals surface area (Å²) in [6.07, 6.45) is 3.71. The van der Waals surface area contributed by atoms with Gasteiger partial charge in [0, 0.05) is 27.0 Å². The number of fused-ring (bicyclic) bond motifs is 5. The van der Waals surface area contributed by atoms with Gasteiger partial charge in [0.2, 0.25) is 17.7 Å². The van der Waals surface area contributed by atoms with Gasteiger partial charge in [0.05, 0.1) is 23.6 Å². The third kappa shape index (κ3) is 3.60. The van der Waals surface area contributed by atoms with Crippen LogP contribution in [0.3, 0.4) is 0 Å². The number of hydrogen-bond donors (Lipinski definition) is 1. The molecule has 36 heavy (non-hydrogen) atoms. The van der Waals surface area contributed by atoms with Gasteiger partial charge in [-0.25, -0.2) is 4.90 Å². The summed E-state index contributed by atoms with van der Waals surface area (Å²) in [6.45, 7) is 0. The molecule has 3 amide bonds. The van der Waals surface area contributed by atoms with Crippen molar-refractivity contribution in [1.82, 2.24) is 4.90 Å². The predicted octanol–water partition coefficient (Wildman–Crippen LogP) is 5.80. The first kappa shape index (κ1) is 23.1. The van der Waals surface area contributed by atoms with Crippen LogP contribution in [-0.4, -0.2) is 28.7 Å². The second-order valence-electron chi connectivity index (χ2n) is 8.97. The van der Waals surface area contributed by atoms with Crippen molar-refractivity contribution >= 4 is 70.0 Å². The quantitative estimate of drug-likeness (QED) is 0.428. The highest BCUT2D eigenvalue weighted by Gasteiger charge is 2.64. The fourth-order valence-corrected chi connectivity index (χ4v) is 6.17. The molecule has 4 atom stereocenters. The van der Waals surface area contributed by atoms with Gasteiger partial charge in [-0.3, -0.25) is 14.4 Å². The van der Waals surface area contributed by atoms with E-state index < -0.39 is 29.8 Å². The maximum atomic E-state index is 13.9. The third-order valence-electron chi connectivity index (χ3n) is 6.95. The van der Waals surface area contributed by atoms with Gasteiger partial charge >= 0.3 is 0 Å². The Morgan fingerprint density at radius 1 is 0.806 bits per heavy atom. The molecule has 0 radical (unpaired) electrons. The monoisotopic (exact) mass is 537 g/mol. The normalized spacial score (nSPS) is 24.0. The van der Waals surface area contributed by atoms with E-state index in [2.05, 4.69) is 5.32 Å². The second-order valence-corrected chi connectivity index (χ2v) is 10.3. The molecule has 1 N–H and O–H groups in total. The van der Waals surface area contributed by atoms with Crippen LogP contribution in [0.5, 0.6) is 0 Å². The van der Waals surface area contributed by atoms with Crippen LogP contribution >= 0.6 is 34.8 Å². The number of rotatable bonds is 3. The lowest BCUT2D eigenvalue weighted by atomic mass is 9.84. The molecule has 2 saturated heterocycles. The summed E-state index contributed by atoms with van der Waals surface area (Å²) in [6, 6.07) is 17.6. The first-order valence-electron chi connectivity index (χ1n) is 11.3. The van der Waals surface area contributed by atoms with Crippen molar-refractivity contribution < 1.29 is 14.4 Å². The first-order chi connectivity index (χ1) is 17.3. The maximum absolute atomic E-state index is 13.9. The molecule has 0 aliphatic carbocycles. The van der Waals surface area contributed by atoms with Gasteiger partial charge in [-0.2, -0.15) is 0 Å². The number of halogens is 3. The SMILES string of the molecule is O=C(Nc1ccc(Cl)cc1)[C@@H]1[C@@H]2C(=O)N(c3cc(Cl)cc(Cl)c3)C(=O)[C@@H]2[C@@H]2c3ccccc3C=CN12. The molecule has 3 aromatic rings. The zero-order valence-electron chi connectivity index (χ0n) is 18.6. The van der Waals surface area contributed by atoms with E-state index in [-0.39, 0.29) is 11.8 Å². The van der Waals surface area contributed by atoms with Crippen molar-refractivity contribution in [3.63, 3.8) is 0 Å². The first-order valence-corrected chi connectivity index (χ1v) is 12.4. The summed E-state index contributed by atoms with van der Waals surface area (Å²) in [5.41, 5.74) is 2.67. The van der Waals surface area contributed by atoms with E-state index in [1.165, 1.54) is 18.2 Å². The number of hydrogen-bond acceptors (Lipinski definition) is 4. The molecule has 0 unspecified atom stereocenters. The van der Waals surface area contributed by atoms with Crippen LogP contribution in [0.2, 0.25) is 15.1 Å². The average Bonchev–Trinajstić information content (AvgIpc) is 3.32. The Labute approximate surface area is 222 Å². The molecule has 2 fully saturated rings. The lowest BCUT2D eigenvalue weighted by molar-refractivity contribution is -0.128. The molecule has 0 bridgehead atoms. The van der Waals surface area contributed by atoms with Crippen LogP contribution in [0.1, 0.15) is 17.2 Å². The molecule has 3 aliphatic heterocycles. The molecule has 9 heteroatoms. The smallest absolute Gasteiger partial charge is 0.247 e. The Kier molecular flexibility index (Phi) is 5.56. The minimum atomic E-state index is -0.906. The van der Waals surface area contributed by atoms with Crippen LogP contribution < -0.4 is 10.2 Å². The molecule has 0 aromatic heterocycles. The predicted molar refractivity (Wildman–Crippen MR) is 140 cm³/mol. The number of imide groups is 1. The van der Waals surface area contributed by atoms with Gasteiger partial charge in [-0.1, -0.05) is 59.1 Å². The molecule has 3 heterocycles. The Morgan fingerprint density at radius 2 is 1.47 bits per heavy atom. The number of nitrogens with zero attached hydrogens (tertiary/aromatic N) is 2. The van der Waals surface area contributed by atoms with Gasteiger partial charge < -0.3 is 10.2 Å². The van der Waals surface area contributed by atoms with E-state index in [0.29, 0.717) is 26.4 Å². The fourth-order valence-electron chi connectivity index (χ4n) is 5.53. The summed E-state index contributed by atoms with van der Waals surface area (Å²) < 4.78 is 0. The molecule has 6 nitrogen and oxygen atoms in total. The fraction of sp³-hybridized carbons (Fsp3) is 0.148. The van der Waals surface area contributed by atoms with Gasteiger partial charge in [0.15, 0.2) is 0 Å². The van der Waals surface area contributed by atoms with Crippen LogP contribution in [-0.2, 0) is 14.4 Å². The van der Waals surface area contributed by atoms with E-state index in [9.17, 15) is 14.4 Å². The number of amides is 3. The maximum Gasteiger partial charge on any atom is 0.247 e. The number of anilines is 2. The van der Waals surface area contributed by atoms with Crippen molar-refractivity contribution in [3.05, 3.63) is 99.1 Å². The van der Waals surface area contributed by atoms with Crippen molar-refractivity contribution in [3.8, 4) is 0 Å². The van der Waals surface area contributed by atoms with E-state index >= 15 is 0 Å². The molecular formula is C27H18Cl3N3O3. The van der Waals surface area contributed by atoms with Crippen LogP contribution in [0, 0.1) is 11.8 Å². The van der Waals surface area contributed by atoms with Crippen LogP contribution in [0.25, 0.3) is 6.08 Å². The summed E-state index contributed by atoms with van der Waals surface area (Å²) in [7, 11) is 0. The number of carbonyl (C=O) groups is 3. The molecule has 0 spiro atoms. The van der Waals surface area contributed by atoms with Crippen molar-refractivity contribution in [1.29, 1.82) is 0 Å². The minimum Gasteiger partial charge on any atom is -0.357 e. The van der Waals surface area contributed by atoms with Crippen molar-refractivity contribution in [2.24, 2.45) is 11.8 Å². The average molecular weight is 539 g/mol. The highest BCUT2D eigenvalue weighted by molar-refractivity contribution is 6.36. The zero-order chi connectivity index (χ0) is 25.1. The van der Waals surface area contributed by atoms with Crippen molar-refractivity contribution in [2.45, 2.75) is 12.1 Å². The largest absolute Gasteiger partial charge is 0.357 e. The molecule has 3 aliphatic rings. The van der Waals surface area contributed by atoms with E-state index in [4.69, 9.17) is 34.8 Å². The second kappa shape index (κ2) is 8.66. The summed E-state index contributed by atoms with van der Waals surface area (Å²) in [4.78, 5) is 44.4. The van der Waals surface area contributed by atoms with Gasteiger partial charge in [0.25, 0.3) is 0 Å². The molecular weight excluding hydrogens is 521 g/mol. The highest BCUT2D eigenvalue weighted by Crippen LogP contribution is 2.53. The van der Waals surface area contributed by atoms with E-state index in [0.717, 1.165) is 16.0 Å². The topological polar surface area (TPSA) is 69.7 Å². The molecule has 6 rings (SSSR count). The Balaban J connectivity index is 1.45. The van der Waals surface area contributed by atoms with Crippen LogP contribution in [0.4, 0.5) is 11.4 Å². The van der Waals surface area contributed by atoms with E-state index in [1.807, 2.05) is 35.2 Å². The number of nitrogens with one attached hydrogen (secondary N) is 1. The molecule has 0 saturated carbocycles. The van der Waals surface area contributed by atoms with Gasteiger partial charge in [-0.05, 0) is 59.7 Å². The number of carbonyl (C=O) groups excluding carboxylic acids is 3. The van der Waals surface area contributed by atoms with Crippen molar-refractivity contribution in [2.75, 3.05) is 10.2 Å².